The Bertz CT molecular complexity index is 539. The number of rotatable bonds is 5. The maximum absolute atomic E-state index is 12.5. The minimum atomic E-state index is -0.768. The molecule has 5 heteroatoms. The Balaban J connectivity index is 2.10. The summed E-state index contributed by atoms with van der Waals surface area (Å²) in [5.74, 6) is -0.0758. The van der Waals surface area contributed by atoms with Gasteiger partial charge in [-0.3, -0.25) is 9.59 Å². The van der Waals surface area contributed by atoms with Crippen LogP contribution in [-0.4, -0.2) is 42.9 Å². The molecule has 0 aromatic heterocycles. The van der Waals surface area contributed by atoms with Crippen LogP contribution in [0.4, 0.5) is 11.4 Å². The van der Waals surface area contributed by atoms with Crippen LogP contribution >= 0.6 is 0 Å². The third-order valence-corrected chi connectivity index (χ3v) is 4.27. The summed E-state index contributed by atoms with van der Waals surface area (Å²) >= 11 is 0. The first-order chi connectivity index (χ1) is 9.88. The van der Waals surface area contributed by atoms with Crippen LogP contribution in [0.2, 0.25) is 0 Å². The fourth-order valence-electron chi connectivity index (χ4n) is 2.42. The number of likely N-dealkylation sites (tertiary alicyclic amines) is 1. The van der Waals surface area contributed by atoms with Gasteiger partial charge in [-0.2, -0.15) is 0 Å². The fourth-order valence-corrected chi connectivity index (χ4v) is 2.42. The molecule has 0 bridgehead atoms. The number of hydrogen-bond donors (Lipinski definition) is 1. The number of nitrogens with zero attached hydrogens (tertiary/aromatic N) is 2. The van der Waals surface area contributed by atoms with E-state index in [0.717, 1.165) is 11.4 Å². The first-order valence-electron chi connectivity index (χ1n) is 7.28. The molecule has 2 amide bonds. The smallest absolute Gasteiger partial charge is 0.250 e. The van der Waals surface area contributed by atoms with Crippen LogP contribution in [0.25, 0.3) is 0 Å². The molecule has 1 N–H and O–H groups in total. The number of carbonyl (C=O) groups excluding carboxylic acids is 2. The third-order valence-electron chi connectivity index (χ3n) is 4.27. The molecule has 1 saturated heterocycles. The number of hydrogen-bond acceptors (Lipinski definition) is 3. The van der Waals surface area contributed by atoms with Crippen LogP contribution in [-0.2, 0) is 9.59 Å². The van der Waals surface area contributed by atoms with E-state index in [9.17, 15) is 9.59 Å². The average Bonchev–Trinajstić information content (AvgIpc) is 2.45. The largest absolute Gasteiger partial charge is 0.378 e. The fraction of sp³-hybridized carbons (Fsp3) is 0.500. The zero-order valence-electron chi connectivity index (χ0n) is 13.1. The van der Waals surface area contributed by atoms with E-state index in [0.29, 0.717) is 19.4 Å². The molecule has 114 valence electrons. The minimum Gasteiger partial charge on any atom is -0.378 e. The highest BCUT2D eigenvalue weighted by Gasteiger charge is 2.44. The normalized spacial score (nSPS) is 17.0. The van der Waals surface area contributed by atoms with Crippen LogP contribution in [0, 0.1) is 0 Å². The Labute approximate surface area is 125 Å². The number of carbonyl (C=O) groups is 2. The van der Waals surface area contributed by atoms with Gasteiger partial charge in [0, 0.05) is 38.4 Å². The molecule has 1 unspecified atom stereocenters. The number of amides is 2. The monoisotopic (exact) mass is 289 g/mol. The molecular weight excluding hydrogens is 266 g/mol. The summed E-state index contributed by atoms with van der Waals surface area (Å²) in [4.78, 5) is 27.9. The molecule has 2 rings (SSSR count). The molecule has 1 aromatic rings. The van der Waals surface area contributed by atoms with Crippen molar-refractivity contribution < 1.29 is 9.59 Å². The molecule has 1 aromatic carbocycles. The molecular formula is C16H23N3O2. The number of anilines is 2. The topological polar surface area (TPSA) is 52.7 Å². The summed E-state index contributed by atoms with van der Waals surface area (Å²) in [5.41, 5.74) is 1.05. The highest BCUT2D eigenvalue weighted by Crippen LogP contribution is 2.28. The molecule has 0 aliphatic carbocycles. The highest BCUT2D eigenvalue weighted by molar-refractivity contribution is 6.01. The van der Waals surface area contributed by atoms with Crippen LogP contribution < -0.4 is 10.2 Å². The molecule has 0 radical (unpaired) electrons. The van der Waals surface area contributed by atoms with Crippen molar-refractivity contribution in [1.82, 2.24) is 4.90 Å². The predicted molar refractivity (Wildman–Crippen MR) is 84.4 cm³/mol. The molecule has 1 heterocycles. The second-order valence-electron chi connectivity index (χ2n) is 5.82. The van der Waals surface area contributed by atoms with Gasteiger partial charge < -0.3 is 15.1 Å². The maximum atomic E-state index is 12.5. The van der Waals surface area contributed by atoms with E-state index in [4.69, 9.17) is 0 Å². The van der Waals surface area contributed by atoms with Crippen LogP contribution in [0.5, 0.6) is 0 Å². The molecule has 1 aliphatic rings. The first-order valence-corrected chi connectivity index (χ1v) is 7.28. The summed E-state index contributed by atoms with van der Waals surface area (Å²) in [6.07, 6.45) is 1.14. The van der Waals surface area contributed by atoms with Gasteiger partial charge >= 0.3 is 0 Å². The van der Waals surface area contributed by atoms with Crippen molar-refractivity contribution in [2.24, 2.45) is 0 Å². The van der Waals surface area contributed by atoms with E-state index in [2.05, 4.69) is 5.32 Å². The van der Waals surface area contributed by atoms with Crippen molar-refractivity contribution in [3.05, 3.63) is 24.3 Å². The van der Waals surface area contributed by atoms with Crippen LogP contribution in [0.1, 0.15) is 26.7 Å². The van der Waals surface area contributed by atoms with E-state index in [-0.39, 0.29) is 11.8 Å². The zero-order valence-corrected chi connectivity index (χ0v) is 13.1. The number of β-lactam (4-membered cyclic amide) rings is 1. The molecule has 0 saturated carbocycles. The number of nitrogens with one attached hydrogen (secondary N) is 1. The van der Waals surface area contributed by atoms with Gasteiger partial charge in [0.05, 0.1) is 0 Å². The summed E-state index contributed by atoms with van der Waals surface area (Å²) < 4.78 is 0. The van der Waals surface area contributed by atoms with Gasteiger partial charge in [0.2, 0.25) is 11.8 Å². The number of benzene rings is 1. The van der Waals surface area contributed by atoms with Crippen molar-refractivity contribution in [3.63, 3.8) is 0 Å². The molecule has 1 atom stereocenters. The van der Waals surface area contributed by atoms with Crippen molar-refractivity contribution in [3.8, 4) is 0 Å². The lowest BCUT2D eigenvalue weighted by Gasteiger charge is -2.44. The van der Waals surface area contributed by atoms with Gasteiger partial charge in [-0.1, -0.05) is 6.92 Å². The first kappa shape index (κ1) is 15.4. The minimum absolute atomic E-state index is 0.0532. The van der Waals surface area contributed by atoms with E-state index in [1.807, 2.05) is 57.1 Å². The second-order valence-corrected chi connectivity index (χ2v) is 5.82. The Kier molecular flexibility index (Phi) is 4.21. The van der Waals surface area contributed by atoms with Gasteiger partial charge in [-0.15, -0.1) is 0 Å². The van der Waals surface area contributed by atoms with Gasteiger partial charge in [-0.25, -0.2) is 0 Å². The van der Waals surface area contributed by atoms with E-state index >= 15 is 0 Å². The van der Waals surface area contributed by atoms with Crippen LogP contribution in [0.15, 0.2) is 24.3 Å². The van der Waals surface area contributed by atoms with Gasteiger partial charge in [-0.05, 0) is 37.6 Å². The maximum Gasteiger partial charge on any atom is 0.250 e. The molecule has 0 spiro atoms. The summed E-state index contributed by atoms with van der Waals surface area (Å²) in [7, 11) is 3.94. The van der Waals surface area contributed by atoms with Gasteiger partial charge in [0.25, 0.3) is 0 Å². The van der Waals surface area contributed by atoms with Crippen molar-refractivity contribution >= 4 is 23.2 Å². The Morgan fingerprint density at radius 1 is 1.33 bits per heavy atom. The predicted octanol–water partition coefficient (Wildman–Crippen LogP) is 2.09. The lowest BCUT2D eigenvalue weighted by Crippen LogP contribution is -2.62. The molecule has 1 aliphatic heterocycles. The van der Waals surface area contributed by atoms with E-state index in [1.54, 1.807) is 4.90 Å². The molecule has 21 heavy (non-hydrogen) atoms. The quantitative estimate of drug-likeness (QED) is 0.845. The van der Waals surface area contributed by atoms with E-state index < -0.39 is 5.54 Å². The van der Waals surface area contributed by atoms with Gasteiger partial charge in [0.15, 0.2) is 0 Å². The standard InChI is InChI=1S/C16H23N3O2/c1-5-16(2,19-11-10-14(19)20)15(21)17-12-6-8-13(9-7-12)18(3)4/h6-9H,5,10-11H2,1-4H3,(H,17,21). The summed E-state index contributed by atoms with van der Waals surface area (Å²) in [6.45, 7) is 4.42. The Hall–Kier alpha value is -2.04. The van der Waals surface area contributed by atoms with Gasteiger partial charge in [0.1, 0.15) is 5.54 Å². The van der Waals surface area contributed by atoms with Crippen molar-refractivity contribution in [2.45, 2.75) is 32.2 Å². The van der Waals surface area contributed by atoms with E-state index in [1.165, 1.54) is 0 Å². The lowest BCUT2D eigenvalue weighted by molar-refractivity contribution is -0.154. The lowest BCUT2D eigenvalue weighted by atomic mass is 9.91. The van der Waals surface area contributed by atoms with Crippen molar-refractivity contribution in [2.75, 3.05) is 30.9 Å². The summed E-state index contributed by atoms with van der Waals surface area (Å²) in [6, 6.07) is 7.66. The SMILES string of the molecule is CCC(C)(C(=O)Nc1ccc(N(C)C)cc1)N1CCC1=O. The van der Waals surface area contributed by atoms with Crippen molar-refractivity contribution in [1.29, 1.82) is 0 Å². The third kappa shape index (κ3) is 2.86. The average molecular weight is 289 g/mol. The molecule has 5 nitrogen and oxygen atoms in total. The zero-order chi connectivity index (χ0) is 15.6. The molecule has 1 fully saturated rings. The second kappa shape index (κ2) is 5.76. The summed E-state index contributed by atoms with van der Waals surface area (Å²) in [5, 5.41) is 2.92. The van der Waals surface area contributed by atoms with Crippen LogP contribution in [0.3, 0.4) is 0 Å². The highest BCUT2D eigenvalue weighted by atomic mass is 16.2. The Morgan fingerprint density at radius 2 is 1.95 bits per heavy atom. The Morgan fingerprint density at radius 3 is 2.33 bits per heavy atom.